The van der Waals surface area contributed by atoms with Gasteiger partial charge in [0.05, 0.1) is 0 Å². The van der Waals surface area contributed by atoms with Crippen molar-refractivity contribution in [3.8, 4) is 0 Å². The summed E-state index contributed by atoms with van der Waals surface area (Å²) in [5.74, 6) is 0. The van der Waals surface area contributed by atoms with E-state index in [1.54, 1.807) is 17.4 Å². The van der Waals surface area contributed by atoms with E-state index in [0.29, 0.717) is 4.21 Å². The topological polar surface area (TPSA) is 52.7 Å². The molecule has 2 rings (SSSR count). The fourth-order valence-corrected chi connectivity index (χ4v) is 5.36. The lowest BCUT2D eigenvalue weighted by molar-refractivity contribution is 0.198. The zero-order chi connectivity index (χ0) is 15.5. The maximum absolute atomic E-state index is 12.7. The summed E-state index contributed by atoms with van der Waals surface area (Å²) in [7, 11) is 0.443. The molecule has 21 heavy (non-hydrogen) atoms. The second-order valence-corrected chi connectivity index (χ2v) is 8.75. The Labute approximate surface area is 132 Å². The van der Waals surface area contributed by atoms with Crippen LogP contribution in [0.1, 0.15) is 25.3 Å². The van der Waals surface area contributed by atoms with Crippen LogP contribution in [-0.2, 0) is 16.6 Å². The minimum Gasteiger partial charge on any atom is -0.313 e. The van der Waals surface area contributed by atoms with Gasteiger partial charge in [-0.2, -0.15) is 4.31 Å². The van der Waals surface area contributed by atoms with Crippen LogP contribution < -0.4 is 5.32 Å². The van der Waals surface area contributed by atoms with Gasteiger partial charge in [0, 0.05) is 19.6 Å². The molecule has 0 bridgehead atoms. The average molecular weight is 332 g/mol. The lowest BCUT2D eigenvalue weighted by Gasteiger charge is -2.34. The van der Waals surface area contributed by atoms with Crippen molar-refractivity contribution in [1.29, 1.82) is 0 Å². The first-order valence-electron chi connectivity index (χ1n) is 7.40. The van der Waals surface area contributed by atoms with E-state index in [-0.39, 0.29) is 6.04 Å². The number of hydrogen-bond donors (Lipinski definition) is 1. The maximum atomic E-state index is 12.7. The number of nitrogens with one attached hydrogen (secondary N) is 1. The van der Waals surface area contributed by atoms with E-state index in [0.717, 1.165) is 44.6 Å². The minimum absolute atomic E-state index is 0.116. The predicted octanol–water partition coefficient (Wildman–Crippen LogP) is 1.57. The highest BCUT2D eigenvalue weighted by molar-refractivity contribution is 7.91. The summed E-state index contributed by atoms with van der Waals surface area (Å²) < 4.78 is 27.4. The highest BCUT2D eigenvalue weighted by atomic mass is 32.2. The van der Waals surface area contributed by atoms with Gasteiger partial charge in [0.2, 0.25) is 0 Å². The van der Waals surface area contributed by atoms with E-state index in [2.05, 4.69) is 17.3 Å². The molecule has 1 aromatic heterocycles. The molecule has 1 fully saturated rings. The Balaban J connectivity index is 2.07. The van der Waals surface area contributed by atoms with Crippen LogP contribution in [0.5, 0.6) is 0 Å². The zero-order valence-electron chi connectivity index (χ0n) is 13.0. The molecule has 0 spiro atoms. The number of piperidine rings is 1. The average Bonchev–Trinajstić information content (AvgIpc) is 2.94. The third-order valence-corrected chi connectivity index (χ3v) is 7.42. The summed E-state index contributed by atoms with van der Waals surface area (Å²) in [6.07, 6.45) is 1.81. The highest BCUT2D eigenvalue weighted by Crippen LogP contribution is 2.27. The lowest BCUT2D eigenvalue weighted by Crippen LogP contribution is -2.44. The van der Waals surface area contributed by atoms with Gasteiger partial charge in [-0.05, 0) is 56.5 Å². The molecule has 1 aliphatic rings. The fraction of sp³-hybridized carbons (Fsp3) is 0.714. The summed E-state index contributed by atoms with van der Waals surface area (Å²) >= 11 is 1.32. The molecule has 5 nitrogen and oxygen atoms in total. The summed E-state index contributed by atoms with van der Waals surface area (Å²) in [4.78, 5) is 2.25. The normalized spacial score (nSPS) is 18.5. The zero-order valence-corrected chi connectivity index (χ0v) is 14.6. The Morgan fingerprint density at radius 3 is 2.71 bits per heavy atom. The molecular formula is C14H25N3O2S2. The summed E-state index contributed by atoms with van der Waals surface area (Å²) in [6, 6.07) is 1.92. The van der Waals surface area contributed by atoms with Crippen molar-refractivity contribution in [2.75, 3.05) is 33.7 Å². The number of nitrogens with zero attached hydrogens (tertiary/aromatic N) is 2. The SMILES string of the molecule is CCNCc1csc(S(=O)(=O)N(C)C2CCN(C)CC2)c1. The molecule has 1 N–H and O–H groups in total. The Morgan fingerprint density at radius 1 is 1.43 bits per heavy atom. The molecule has 1 aliphatic heterocycles. The van der Waals surface area contributed by atoms with Gasteiger partial charge in [0.1, 0.15) is 4.21 Å². The van der Waals surface area contributed by atoms with Crippen molar-refractivity contribution < 1.29 is 8.42 Å². The summed E-state index contributed by atoms with van der Waals surface area (Å²) in [6.45, 7) is 5.56. The largest absolute Gasteiger partial charge is 0.313 e. The van der Waals surface area contributed by atoms with Crippen LogP contribution in [0.4, 0.5) is 0 Å². The molecule has 120 valence electrons. The number of hydrogen-bond acceptors (Lipinski definition) is 5. The third kappa shape index (κ3) is 4.04. The number of sulfonamides is 1. The van der Waals surface area contributed by atoms with Crippen molar-refractivity contribution >= 4 is 21.4 Å². The molecule has 0 aliphatic carbocycles. The second kappa shape index (κ2) is 7.19. The molecule has 7 heteroatoms. The van der Waals surface area contributed by atoms with Crippen LogP contribution in [0.25, 0.3) is 0 Å². The number of rotatable bonds is 6. The molecular weight excluding hydrogens is 306 g/mol. The molecule has 2 heterocycles. The smallest absolute Gasteiger partial charge is 0.252 e. The van der Waals surface area contributed by atoms with Crippen LogP contribution in [0, 0.1) is 0 Å². The Hall–Kier alpha value is -0.470. The third-order valence-electron chi connectivity index (χ3n) is 4.04. The standard InChI is InChI=1S/C14H25N3O2S2/c1-4-15-10-12-9-14(20-11-12)21(18,19)17(3)13-5-7-16(2)8-6-13/h9,11,13,15H,4-8,10H2,1-3H3. The quantitative estimate of drug-likeness (QED) is 0.860. The van der Waals surface area contributed by atoms with E-state index in [4.69, 9.17) is 0 Å². The lowest BCUT2D eigenvalue weighted by atomic mass is 10.1. The van der Waals surface area contributed by atoms with E-state index in [1.807, 2.05) is 12.3 Å². The highest BCUT2D eigenvalue weighted by Gasteiger charge is 2.31. The van der Waals surface area contributed by atoms with Crippen LogP contribution in [-0.4, -0.2) is 57.4 Å². The van der Waals surface area contributed by atoms with Crippen molar-refractivity contribution in [2.45, 2.75) is 36.6 Å². The molecule has 0 saturated carbocycles. The van der Waals surface area contributed by atoms with Crippen LogP contribution in [0.3, 0.4) is 0 Å². The summed E-state index contributed by atoms with van der Waals surface area (Å²) in [5.41, 5.74) is 1.04. The first kappa shape index (κ1) is 16.9. The molecule has 1 saturated heterocycles. The summed E-state index contributed by atoms with van der Waals surface area (Å²) in [5, 5.41) is 5.15. The molecule has 0 unspecified atom stereocenters. The van der Waals surface area contributed by atoms with Gasteiger partial charge in [-0.1, -0.05) is 6.92 Å². The van der Waals surface area contributed by atoms with Crippen molar-refractivity contribution in [3.63, 3.8) is 0 Å². The predicted molar refractivity (Wildman–Crippen MR) is 87.2 cm³/mol. The molecule has 0 radical (unpaired) electrons. The van der Waals surface area contributed by atoms with Gasteiger partial charge in [-0.15, -0.1) is 11.3 Å². The van der Waals surface area contributed by atoms with Crippen LogP contribution in [0.2, 0.25) is 0 Å². The van der Waals surface area contributed by atoms with E-state index in [9.17, 15) is 8.42 Å². The van der Waals surface area contributed by atoms with Crippen LogP contribution in [0.15, 0.2) is 15.7 Å². The first-order chi connectivity index (χ1) is 9.95. The number of likely N-dealkylation sites (tertiary alicyclic amines) is 1. The van der Waals surface area contributed by atoms with Gasteiger partial charge in [-0.3, -0.25) is 0 Å². The molecule has 0 aromatic carbocycles. The molecule has 0 amide bonds. The monoisotopic (exact) mass is 331 g/mol. The van der Waals surface area contributed by atoms with E-state index < -0.39 is 10.0 Å². The molecule has 0 atom stereocenters. The van der Waals surface area contributed by atoms with Crippen molar-refractivity contribution in [2.24, 2.45) is 0 Å². The van der Waals surface area contributed by atoms with Crippen molar-refractivity contribution in [1.82, 2.24) is 14.5 Å². The minimum atomic E-state index is -3.35. The van der Waals surface area contributed by atoms with Gasteiger partial charge < -0.3 is 10.2 Å². The van der Waals surface area contributed by atoms with E-state index in [1.165, 1.54) is 11.3 Å². The number of thiophene rings is 1. The van der Waals surface area contributed by atoms with Gasteiger partial charge >= 0.3 is 0 Å². The van der Waals surface area contributed by atoms with Gasteiger partial charge in [0.25, 0.3) is 10.0 Å². The first-order valence-corrected chi connectivity index (χ1v) is 9.71. The Bertz CT molecular complexity index is 548. The second-order valence-electron chi connectivity index (χ2n) is 5.61. The van der Waals surface area contributed by atoms with Crippen molar-refractivity contribution in [3.05, 3.63) is 17.0 Å². The molecule has 1 aromatic rings. The van der Waals surface area contributed by atoms with Gasteiger partial charge in [-0.25, -0.2) is 8.42 Å². The Morgan fingerprint density at radius 2 is 2.10 bits per heavy atom. The Kier molecular flexibility index (Phi) is 5.79. The maximum Gasteiger partial charge on any atom is 0.252 e. The van der Waals surface area contributed by atoms with E-state index >= 15 is 0 Å². The van der Waals surface area contributed by atoms with Gasteiger partial charge in [0.15, 0.2) is 0 Å². The van der Waals surface area contributed by atoms with Crippen LogP contribution >= 0.6 is 11.3 Å². The fourth-order valence-electron chi connectivity index (χ4n) is 2.55.